The predicted octanol–water partition coefficient (Wildman–Crippen LogP) is 2.25. The molecule has 0 atom stereocenters. The van der Waals surface area contributed by atoms with Gasteiger partial charge in [-0.25, -0.2) is 0 Å². The van der Waals surface area contributed by atoms with E-state index in [9.17, 15) is 0 Å². The highest BCUT2D eigenvalue weighted by Gasteiger charge is 2.11. The molecule has 6 nitrogen and oxygen atoms in total. The minimum Gasteiger partial charge on any atom is -0.382 e. The maximum Gasteiger partial charge on any atom is 0.276 e. The second-order valence-electron chi connectivity index (χ2n) is 4.89. The van der Waals surface area contributed by atoms with Gasteiger partial charge in [-0.15, -0.1) is 0 Å². The lowest BCUT2D eigenvalue weighted by molar-refractivity contribution is 0.422. The van der Waals surface area contributed by atoms with Gasteiger partial charge in [-0.3, -0.25) is 5.10 Å². The maximum atomic E-state index is 5.55. The minimum absolute atomic E-state index is 0.397. The van der Waals surface area contributed by atoms with Crippen LogP contribution in [0, 0.1) is 13.8 Å². The van der Waals surface area contributed by atoms with Crippen LogP contribution in [0.25, 0.3) is 11.6 Å². The molecule has 0 fully saturated rings. The van der Waals surface area contributed by atoms with Crippen LogP contribution < -0.4 is 5.73 Å². The first-order valence-corrected chi connectivity index (χ1v) is 6.31. The van der Waals surface area contributed by atoms with E-state index in [0.29, 0.717) is 29.6 Å². The lowest BCUT2D eigenvalue weighted by atomic mass is 10.1. The summed E-state index contributed by atoms with van der Waals surface area (Å²) in [5, 5.41) is 10.6. The van der Waals surface area contributed by atoms with Gasteiger partial charge in [-0.2, -0.15) is 10.1 Å². The molecule has 2 aromatic heterocycles. The van der Waals surface area contributed by atoms with Gasteiger partial charge in [0.25, 0.3) is 5.89 Å². The van der Waals surface area contributed by atoms with Gasteiger partial charge in [0.15, 0.2) is 5.82 Å². The number of anilines is 1. The summed E-state index contributed by atoms with van der Waals surface area (Å²) >= 11 is 0. The number of nitrogens with zero attached hydrogens (tertiary/aromatic N) is 3. The number of H-pyrrole nitrogens is 1. The Hall–Kier alpha value is -2.63. The molecule has 0 aliphatic heterocycles. The number of nitrogen functional groups attached to an aromatic ring is 1. The Morgan fingerprint density at radius 2 is 1.90 bits per heavy atom. The summed E-state index contributed by atoms with van der Waals surface area (Å²) < 4.78 is 5.21. The van der Waals surface area contributed by atoms with Crippen molar-refractivity contribution in [3.63, 3.8) is 0 Å². The Morgan fingerprint density at radius 3 is 2.55 bits per heavy atom. The van der Waals surface area contributed by atoms with Crippen LogP contribution in [0.5, 0.6) is 0 Å². The molecule has 3 N–H and O–H groups in total. The Kier molecular flexibility index (Phi) is 2.98. The highest BCUT2D eigenvalue weighted by atomic mass is 16.5. The zero-order chi connectivity index (χ0) is 14.1. The van der Waals surface area contributed by atoms with Crippen LogP contribution in [0.1, 0.15) is 22.5 Å². The lowest BCUT2D eigenvalue weighted by Crippen LogP contribution is -1.92. The molecule has 2 heterocycles. The van der Waals surface area contributed by atoms with E-state index in [1.54, 1.807) is 6.07 Å². The average molecular weight is 269 g/mol. The molecule has 0 spiro atoms. The second-order valence-corrected chi connectivity index (χ2v) is 4.89. The van der Waals surface area contributed by atoms with Crippen molar-refractivity contribution in [2.24, 2.45) is 0 Å². The number of nitrogens with one attached hydrogen (secondary N) is 1. The van der Waals surface area contributed by atoms with E-state index in [4.69, 9.17) is 10.3 Å². The number of benzene rings is 1. The van der Waals surface area contributed by atoms with Gasteiger partial charge >= 0.3 is 0 Å². The summed E-state index contributed by atoms with van der Waals surface area (Å²) in [7, 11) is 0. The summed E-state index contributed by atoms with van der Waals surface area (Å²) in [6.45, 7) is 4.15. The van der Waals surface area contributed by atoms with E-state index in [-0.39, 0.29) is 0 Å². The fraction of sp³-hybridized carbons (Fsp3) is 0.214. The molecule has 0 amide bonds. The van der Waals surface area contributed by atoms with Crippen LogP contribution in [-0.2, 0) is 6.42 Å². The number of hydrogen-bond donors (Lipinski definition) is 2. The molecular weight excluding hydrogens is 254 g/mol. The van der Waals surface area contributed by atoms with E-state index in [1.165, 1.54) is 16.7 Å². The minimum atomic E-state index is 0.397. The third-order valence-corrected chi connectivity index (χ3v) is 2.94. The van der Waals surface area contributed by atoms with Crippen LogP contribution in [0.3, 0.4) is 0 Å². The lowest BCUT2D eigenvalue weighted by Gasteiger charge is -2.01. The van der Waals surface area contributed by atoms with Crippen molar-refractivity contribution < 1.29 is 4.52 Å². The third-order valence-electron chi connectivity index (χ3n) is 2.94. The average Bonchev–Trinajstić information content (AvgIpc) is 2.96. The number of aromatic amines is 1. The van der Waals surface area contributed by atoms with Crippen LogP contribution >= 0.6 is 0 Å². The molecule has 1 aromatic carbocycles. The molecule has 3 aromatic rings. The number of rotatable bonds is 3. The smallest absolute Gasteiger partial charge is 0.276 e. The quantitative estimate of drug-likeness (QED) is 0.760. The highest BCUT2D eigenvalue weighted by Crippen LogP contribution is 2.18. The molecule has 0 aliphatic carbocycles. The first kappa shape index (κ1) is 12.4. The van der Waals surface area contributed by atoms with Crippen molar-refractivity contribution in [2.75, 3.05) is 5.73 Å². The highest BCUT2D eigenvalue weighted by molar-refractivity contribution is 5.51. The second kappa shape index (κ2) is 4.80. The number of aromatic nitrogens is 4. The van der Waals surface area contributed by atoms with Crippen LogP contribution in [0.2, 0.25) is 0 Å². The van der Waals surface area contributed by atoms with Crippen molar-refractivity contribution in [1.82, 2.24) is 20.3 Å². The zero-order valence-corrected chi connectivity index (χ0v) is 11.3. The van der Waals surface area contributed by atoms with Gasteiger partial charge in [0.05, 0.1) is 0 Å². The SMILES string of the molecule is Cc1cc(C)cc(Cc2noc(-c3cc(N)n[nH]3)n2)c1. The predicted molar refractivity (Wildman–Crippen MR) is 75.0 cm³/mol. The van der Waals surface area contributed by atoms with Crippen molar-refractivity contribution in [1.29, 1.82) is 0 Å². The zero-order valence-electron chi connectivity index (χ0n) is 11.3. The van der Waals surface area contributed by atoms with Crippen molar-refractivity contribution in [3.8, 4) is 11.6 Å². The van der Waals surface area contributed by atoms with Crippen LogP contribution in [0.4, 0.5) is 5.82 Å². The molecule has 20 heavy (non-hydrogen) atoms. The molecule has 0 aliphatic rings. The van der Waals surface area contributed by atoms with Crippen LogP contribution in [-0.4, -0.2) is 20.3 Å². The summed E-state index contributed by atoms with van der Waals surface area (Å²) in [4.78, 5) is 4.34. The number of hydrogen-bond acceptors (Lipinski definition) is 5. The molecule has 0 bridgehead atoms. The van der Waals surface area contributed by atoms with E-state index in [1.807, 2.05) is 0 Å². The van der Waals surface area contributed by atoms with Gasteiger partial charge in [-0.1, -0.05) is 34.5 Å². The van der Waals surface area contributed by atoms with Gasteiger partial charge in [0, 0.05) is 12.5 Å². The van der Waals surface area contributed by atoms with Crippen LogP contribution in [0.15, 0.2) is 28.8 Å². The fourth-order valence-corrected chi connectivity index (χ4v) is 2.24. The standard InChI is InChI=1S/C14H15N5O/c1-8-3-9(2)5-10(4-8)6-13-16-14(20-19-13)11-7-12(15)18-17-11/h3-5,7H,6H2,1-2H3,(H3,15,17,18). The van der Waals surface area contributed by atoms with Crippen molar-refractivity contribution in [2.45, 2.75) is 20.3 Å². The van der Waals surface area contributed by atoms with Crippen molar-refractivity contribution >= 4 is 5.82 Å². The first-order valence-electron chi connectivity index (χ1n) is 6.31. The normalized spacial score (nSPS) is 10.9. The fourth-order valence-electron chi connectivity index (χ4n) is 2.24. The van der Waals surface area contributed by atoms with E-state index < -0.39 is 0 Å². The number of nitrogens with two attached hydrogens (primary N) is 1. The molecular formula is C14H15N5O. The van der Waals surface area contributed by atoms with Gasteiger partial charge in [-0.05, 0) is 19.4 Å². The molecule has 0 saturated heterocycles. The summed E-state index contributed by atoms with van der Waals surface area (Å²) in [6.07, 6.45) is 0.635. The maximum absolute atomic E-state index is 5.55. The molecule has 0 saturated carbocycles. The largest absolute Gasteiger partial charge is 0.382 e. The monoisotopic (exact) mass is 269 g/mol. The summed E-state index contributed by atoms with van der Waals surface area (Å²) in [5.41, 5.74) is 9.79. The van der Waals surface area contributed by atoms with Gasteiger partial charge in [0.1, 0.15) is 11.5 Å². The summed E-state index contributed by atoms with van der Waals surface area (Å²) in [5.74, 6) is 1.43. The first-order chi connectivity index (χ1) is 9.60. The van der Waals surface area contributed by atoms with E-state index in [0.717, 1.165) is 0 Å². The molecule has 102 valence electrons. The Balaban J connectivity index is 1.83. The van der Waals surface area contributed by atoms with Gasteiger partial charge < -0.3 is 10.3 Å². The van der Waals surface area contributed by atoms with Gasteiger partial charge in [0.2, 0.25) is 0 Å². The third kappa shape index (κ3) is 2.54. The Bertz CT molecular complexity index is 723. The molecule has 0 unspecified atom stereocenters. The van der Waals surface area contributed by atoms with E-state index in [2.05, 4.69) is 52.4 Å². The Morgan fingerprint density at radius 1 is 1.15 bits per heavy atom. The topological polar surface area (TPSA) is 93.6 Å². The molecule has 3 rings (SSSR count). The number of aryl methyl sites for hydroxylation is 2. The molecule has 6 heteroatoms. The Labute approximate surface area is 116 Å². The van der Waals surface area contributed by atoms with E-state index >= 15 is 0 Å². The molecule has 0 radical (unpaired) electrons. The van der Waals surface area contributed by atoms with Crippen molar-refractivity contribution in [3.05, 3.63) is 46.8 Å². The summed E-state index contributed by atoms with van der Waals surface area (Å²) in [6, 6.07) is 8.04.